The zero-order chi connectivity index (χ0) is 53.4. The van der Waals surface area contributed by atoms with E-state index in [1.165, 1.54) is 47.9 Å². The Bertz CT molecular complexity index is 2690. The molecule has 2 aliphatic rings. The lowest BCUT2D eigenvalue weighted by atomic mass is 9.85. The summed E-state index contributed by atoms with van der Waals surface area (Å²) in [5.41, 5.74) is 0.716. The van der Waals surface area contributed by atoms with E-state index in [0.717, 1.165) is 38.7 Å². The minimum absolute atomic E-state index is 0.0334. The average molecular weight is 1050 g/mol. The molecule has 73 heavy (non-hydrogen) atoms. The number of nitrogens with zero attached hydrogens (tertiary/aromatic N) is 5. The first-order valence-electron chi connectivity index (χ1n) is 23.9. The molecule has 0 unspecified atom stereocenters. The number of ether oxygens (including phenoxy) is 3. The number of halogens is 4. The Kier molecular flexibility index (Phi) is 18.4. The van der Waals surface area contributed by atoms with Gasteiger partial charge < -0.3 is 39.8 Å². The number of carbonyl (C=O) groups is 4. The van der Waals surface area contributed by atoms with Crippen LogP contribution in [0.5, 0.6) is 5.75 Å². The van der Waals surface area contributed by atoms with E-state index in [4.69, 9.17) is 26.4 Å². The van der Waals surface area contributed by atoms with Crippen LogP contribution >= 0.6 is 23.6 Å². The van der Waals surface area contributed by atoms with Crippen LogP contribution in [-0.4, -0.2) is 107 Å². The minimum atomic E-state index is -4.85. The summed E-state index contributed by atoms with van der Waals surface area (Å²) in [6, 6.07) is 14.0. The normalized spacial score (nSPS) is 17.7. The maximum atomic E-state index is 15.3. The Balaban J connectivity index is 0.871. The predicted molar refractivity (Wildman–Crippen MR) is 271 cm³/mol. The zero-order valence-corrected chi connectivity index (χ0v) is 43.4. The number of hydrogen-bond donors (Lipinski definition) is 3. The van der Waals surface area contributed by atoms with Crippen LogP contribution in [0.1, 0.15) is 102 Å². The van der Waals surface area contributed by atoms with Crippen LogP contribution in [0.3, 0.4) is 0 Å². The third kappa shape index (κ3) is 13.6. The molecular formula is C52H61F4N7O8S2. The quantitative estimate of drug-likeness (QED) is 0.0412. The molecule has 3 N–H and O–H groups in total. The van der Waals surface area contributed by atoms with E-state index in [0.29, 0.717) is 45.0 Å². The number of nitriles is 1. The second-order valence-corrected chi connectivity index (χ2v) is 20.8. The van der Waals surface area contributed by atoms with E-state index >= 15 is 4.39 Å². The number of rotatable bonds is 21. The number of aliphatic hydroxyl groups excluding tert-OH is 1. The van der Waals surface area contributed by atoms with Gasteiger partial charge in [-0.25, -0.2) is 9.37 Å². The average Bonchev–Trinajstić information content (AvgIpc) is 4.00. The molecule has 1 aromatic heterocycles. The van der Waals surface area contributed by atoms with Crippen LogP contribution in [-0.2, 0) is 34.8 Å². The number of unbranched alkanes of at least 4 members (excludes halogenated alkanes) is 2. The molecule has 6 rings (SSSR count). The van der Waals surface area contributed by atoms with Crippen molar-refractivity contribution < 1.29 is 56.1 Å². The van der Waals surface area contributed by atoms with Crippen LogP contribution in [0, 0.1) is 29.5 Å². The fourth-order valence-corrected chi connectivity index (χ4v) is 9.95. The molecule has 0 bridgehead atoms. The van der Waals surface area contributed by atoms with Gasteiger partial charge in [-0.05, 0) is 112 Å². The summed E-state index contributed by atoms with van der Waals surface area (Å²) in [5, 5.41) is 25.4. The van der Waals surface area contributed by atoms with Crippen molar-refractivity contribution in [2.24, 2.45) is 5.41 Å². The number of amides is 4. The van der Waals surface area contributed by atoms with E-state index < -0.39 is 75.9 Å². The number of likely N-dealkylation sites (tertiary alicyclic amines) is 1. The van der Waals surface area contributed by atoms with Crippen LogP contribution in [0.15, 0.2) is 66.2 Å². The van der Waals surface area contributed by atoms with Crippen LogP contribution in [0.25, 0.3) is 10.4 Å². The van der Waals surface area contributed by atoms with E-state index in [9.17, 15) is 42.7 Å². The van der Waals surface area contributed by atoms with Gasteiger partial charge in [0.15, 0.2) is 16.7 Å². The maximum absolute atomic E-state index is 15.3. The number of carbonyl (C=O) groups excluding carboxylic acids is 4. The Morgan fingerprint density at radius 2 is 1.63 bits per heavy atom. The van der Waals surface area contributed by atoms with Crippen molar-refractivity contribution in [1.29, 1.82) is 5.26 Å². The number of thiazole rings is 1. The van der Waals surface area contributed by atoms with E-state index in [2.05, 4.69) is 15.6 Å². The third-order valence-corrected chi connectivity index (χ3v) is 13.9. The molecule has 4 amide bonds. The van der Waals surface area contributed by atoms with Crippen molar-refractivity contribution >= 4 is 63.7 Å². The van der Waals surface area contributed by atoms with Gasteiger partial charge in [0, 0.05) is 44.5 Å². The van der Waals surface area contributed by atoms with Gasteiger partial charge in [0.25, 0.3) is 5.91 Å². The number of anilines is 2. The number of hydrogen-bond acceptors (Lipinski definition) is 12. The van der Waals surface area contributed by atoms with E-state index in [-0.39, 0.29) is 61.1 Å². The monoisotopic (exact) mass is 1050 g/mol. The third-order valence-electron chi connectivity index (χ3n) is 12.6. The summed E-state index contributed by atoms with van der Waals surface area (Å²) >= 11 is 7.10. The number of nitrogens with one attached hydrogen (secondary N) is 2. The van der Waals surface area contributed by atoms with Crippen molar-refractivity contribution in [1.82, 2.24) is 20.5 Å². The molecule has 392 valence electrons. The molecular weight excluding hydrogens is 991 g/mol. The number of β-amino-alcohol motifs (C(OH)–C–C–N with tert-alkyl or cyclic N) is 1. The van der Waals surface area contributed by atoms with E-state index in [1.54, 1.807) is 37.6 Å². The van der Waals surface area contributed by atoms with Gasteiger partial charge in [-0.1, -0.05) is 45.0 Å². The molecule has 2 aliphatic heterocycles. The highest BCUT2D eigenvalue weighted by atomic mass is 32.1. The molecule has 0 saturated carbocycles. The lowest BCUT2D eigenvalue weighted by Gasteiger charge is -2.35. The number of thiocarbonyl (C=S) groups is 1. The molecule has 3 aromatic carbocycles. The van der Waals surface area contributed by atoms with Crippen LogP contribution in [0.4, 0.5) is 28.9 Å². The summed E-state index contributed by atoms with van der Waals surface area (Å²) in [6.07, 6.45) is -3.19. The second-order valence-electron chi connectivity index (χ2n) is 19.6. The first-order chi connectivity index (χ1) is 34.4. The van der Waals surface area contributed by atoms with Gasteiger partial charge in [-0.3, -0.25) is 24.1 Å². The highest BCUT2D eigenvalue weighted by molar-refractivity contribution is 7.81. The first-order valence-corrected chi connectivity index (χ1v) is 25.2. The summed E-state index contributed by atoms with van der Waals surface area (Å²) in [5.74, 6) is -2.78. The van der Waals surface area contributed by atoms with Crippen molar-refractivity contribution in [2.75, 3.05) is 49.4 Å². The predicted octanol–water partition coefficient (Wildman–Crippen LogP) is 8.41. The highest BCUT2D eigenvalue weighted by Gasteiger charge is 2.51. The molecule has 3 heterocycles. The molecule has 0 spiro atoms. The molecule has 15 nitrogen and oxygen atoms in total. The molecule has 4 atom stereocenters. The summed E-state index contributed by atoms with van der Waals surface area (Å²) in [4.78, 5) is 63.3. The molecule has 2 fully saturated rings. The maximum Gasteiger partial charge on any atom is 0.417 e. The van der Waals surface area contributed by atoms with Crippen LogP contribution < -0.4 is 25.2 Å². The first kappa shape index (κ1) is 56.2. The summed E-state index contributed by atoms with van der Waals surface area (Å²) in [7, 11) is 0. The largest absolute Gasteiger partial charge is 0.491 e. The van der Waals surface area contributed by atoms with Gasteiger partial charge in [0.05, 0.1) is 57.7 Å². The summed E-state index contributed by atoms with van der Waals surface area (Å²) in [6.45, 7) is 13.2. The smallest absolute Gasteiger partial charge is 0.417 e. The van der Waals surface area contributed by atoms with Crippen molar-refractivity contribution in [2.45, 2.75) is 117 Å². The molecule has 0 radical (unpaired) electrons. The highest BCUT2D eigenvalue weighted by Crippen LogP contribution is 2.41. The lowest BCUT2D eigenvalue weighted by Crippen LogP contribution is -2.58. The van der Waals surface area contributed by atoms with Crippen molar-refractivity contribution in [3.63, 3.8) is 0 Å². The van der Waals surface area contributed by atoms with Gasteiger partial charge in [-0.2, -0.15) is 18.4 Å². The number of aliphatic hydroxyl groups is 1. The Hall–Kier alpha value is -6.05. The summed E-state index contributed by atoms with van der Waals surface area (Å²) < 4.78 is 73.4. The number of alkyl halides is 3. The Labute approximate surface area is 431 Å². The van der Waals surface area contributed by atoms with Gasteiger partial charge in [-0.15, -0.1) is 11.3 Å². The number of aryl methyl sites for hydroxylation is 1. The molecule has 21 heteroatoms. The Morgan fingerprint density at radius 3 is 2.27 bits per heavy atom. The number of benzene rings is 3. The zero-order valence-electron chi connectivity index (χ0n) is 41.8. The number of aromatic nitrogens is 1. The van der Waals surface area contributed by atoms with Crippen LogP contribution in [0.2, 0.25) is 0 Å². The van der Waals surface area contributed by atoms with Gasteiger partial charge in [0.2, 0.25) is 17.7 Å². The fraction of sp³-hybridized carbons (Fsp3) is 0.481. The fourth-order valence-electron chi connectivity index (χ4n) is 8.62. The van der Waals surface area contributed by atoms with Gasteiger partial charge in [0.1, 0.15) is 24.2 Å². The molecule has 2 saturated heterocycles. The molecule has 4 aromatic rings. The Morgan fingerprint density at radius 1 is 0.959 bits per heavy atom. The van der Waals surface area contributed by atoms with Crippen molar-refractivity contribution in [3.05, 3.63) is 94.4 Å². The topological polar surface area (TPSA) is 187 Å². The van der Waals surface area contributed by atoms with Crippen molar-refractivity contribution in [3.8, 4) is 22.3 Å². The minimum Gasteiger partial charge on any atom is -0.491 e. The van der Waals surface area contributed by atoms with Gasteiger partial charge >= 0.3 is 6.18 Å². The second kappa shape index (κ2) is 23.9. The SMILES string of the molecule is Cc1ncsc1-c1ccc([C@H](C)NC(=O)[C@@H]2C[C@@H](O)CN2C(=O)[C@@H](NC(=O)COCCCOCCCCCOc2ccc(N3C(=S)N(c4ccc(C#N)c(C(F)(F)F)c4)C(=O)C3(C)C)cc2F)C(C)(C)C)cc1. The lowest BCUT2D eigenvalue weighted by molar-refractivity contribution is -0.144. The van der Waals surface area contributed by atoms with E-state index in [1.807, 2.05) is 38.1 Å². The molecule has 0 aliphatic carbocycles. The standard InChI is InChI=1S/C52H61F4N7O8S2/c1-31(33-12-14-34(15-13-33)44-32(2)58-30-73-44)59-46(66)41-26-38(64)28-61(41)47(67)45(50(3,4)5)60-43(65)29-70-22-11-21-69-20-9-8-10-23-71-42-19-18-37(25-40(42)53)63-49(72)62(48(68)51(63,6)7)36-17-16-35(27-57)39(24-36)52(54,55)56/h12-19,24-25,30-31,38,41,45,64H,8-11,20-23,26,28-29H2,1-7H3,(H,59,66)(H,60,65)/t31-,38+,41-,45+/m0/s1.